The van der Waals surface area contributed by atoms with E-state index in [9.17, 15) is 4.79 Å². The third-order valence-corrected chi connectivity index (χ3v) is 8.08. The Balaban J connectivity index is 1.30. The maximum Gasteiger partial charge on any atom is 0.255 e. The summed E-state index contributed by atoms with van der Waals surface area (Å²) < 4.78 is 9.46. The molecule has 0 aliphatic heterocycles. The van der Waals surface area contributed by atoms with Crippen LogP contribution in [0.2, 0.25) is 0 Å². The van der Waals surface area contributed by atoms with Crippen LogP contribution >= 0.6 is 0 Å². The van der Waals surface area contributed by atoms with Gasteiger partial charge in [-0.3, -0.25) is 4.79 Å². The fourth-order valence-electron chi connectivity index (χ4n) is 5.33. The van der Waals surface area contributed by atoms with E-state index in [1.165, 1.54) is 0 Å². The van der Waals surface area contributed by atoms with Crippen LogP contribution in [-0.4, -0.2) is 32.3 Å². The van der Waals surface area contributed by atoms with Gasteiger partial charge >= 0.3 is 0 Å². The first-order valence-corrected chi connectivity index (χ1v) is 13.9. The number of hydrogen-bond donors (Lipinski definition) is 2. The minimum Gasteiger partial charge on any atom is -0.492 e. The highest BCUT2D eigenvalue weighted by Crippen LogP contribution is 2.50. The molecule has 0 atom stereocenters. The highest BCUT2D eigenvalue weighted by atomic mass is 16.5. The second-order valence-corrected chi connectivity index (χ2v) is 10.9. The van der Waals surface area contributed by atoms with E-state index >= 15 is 0 Å². The van der Waals surface area contributed by atoms with Crippen molar-refractivity contribution in [1.82, 2.24) is 19.3 Å². The van der Waals surface area contributed by atoms with Gasteiger partial charge in [-0.25, -0.2) is 9.67 Å². The molecule has 6 rings (SSSR count). The number of carbonyl (C=O) groups is 1. The Labute approximate surface area is 239 Å². The SMILES string of the molecule is CCc1c(-c2cn(-c3cc(C(=O)Nc4cc(C5(C)CC5)cc(N)c4OC)ccc3C)cn2)cnn1-c1ccccc1. The molecule has 0 bridgehead atoms. The Morgan fingerprint density at radius 3 is 2.61 bits per heavy atom. The fourth-order valence-corrected chi connectivity index (χ4v) is 5.33. The predicted molar refractivity (Wildman–Crippen MR) is 162 cm³/mol. The molecule has 2 aromatic heterocycles. The van der Waals surface area contributed by atoms with Gasteiger partial charge in [-0.05, 0) is 79.1 Å². The molecule has 208 valence electrons. The zero-order valence-electron chi connectivity index (χ0n) is 23.8. The van der Waals surface area contributed by atoms with E-state index in [4.69, 9.17) is 15.5 Å². The number of imidazole rings is 1. The maximum atomic E-state index is 13.5. The standard InChI is InChI=1S/C33H34N6O2/c1-5-29-25(18-36-39(29)24-9-7-6-8-10-24)28-19-38(20-35-28)30-15-22(12-11-21(30)2)32(40)37-27-17-23(33(3)13-14-33)16-26(34)31(27)41-4/h6-12,15-20H,5,13-14,34H2,1-4H3,(H,37,40). The monoisotopic (exact) mass is 546 g/mol. The number of aromatic nitrogens is 4. The topological polar surface area (TPSA) is 100.0 Å². The summed E-state index contributed by atoms with van der Waals surface area (Å²) >= 11 is 0. The number of hydrogen-bond acceptors (Lipinski definition) is 5. The summed E-state index contributed by atoms with van der Waals surface area (Å²) in [6, 6.07) is 19.7. The Morgan fingerprint density at radius 2 is 1.90 bits per heavy atom. The molecule has 5 aromatic rings. The molecular formula is C33H34N6O2. The van der Waals surface area contributed by atoms with Gasteiger partial charge in [0.25, 0.3) is 5.91 Å². The molecule has 1 aliphatic rings. The Hall–Kier alpha value is -4.85. The number of methoxy groups -OCH3 is 1. The lowest BCUT2D eigenvalue weighted by Gasteiger charge is -2.18. The number of carbonyl (C=O) groups excluding carboxylic acids is 1. The van der Waals surface area contributed by atoms with Gasteiger partial charge in [-0.2, -0.15) is 5.10 Å². The zero-order valence-corrected chi connectivity index (χ0v) is 23.8. The van der Waals surface area contributed by atoms with Gasteiger partial charge in [0.05, 0.1) is 53.8 Å². The number of nitrogen functional groups attached to an aromatic ring is 1. The first-order chi connectivity index (χ1) is 19.8. The first kappa shape index (κ1) is 26.4. The molecule has 1 amide bonds. The third-order valence-electron chi connectivity index (χ3n) is 8.08. The average Bonchev–Trinajstić information content (AvgIpc) is 3.35. The molecule has 3 N–H and O–H groups in total. The third kappa shape index (κ3) is 4.86. The van der Waals surface area contributed by atoms with Crippen molar-refractivity contribution in [3.63, 3.8) is 0 Å². The van der Waals surface area contributed by atoms with Crippen LogP contribution in [0.25, 0.3) is 22.6 Å². The van der Waals surface area contributed by atoms with Crippen molar-refractivity contribution in [3.05, 3.63) is 102 Å². The van der Waals surface area contributed by atoms with E-state index in [-0.39, 0.29) is 11.3 Å². The van der Waals surface area contributed by atoms with Crippen molar-refractivity contribution in [2.45, 2.75) is 45.4 Å². The summed E-state index contributed by atoms with van der Waals surface area (Å²) in [5.41, 5.74) is 14.9. The van der Waals surface area contributed by atoms with E-state index in [1.807, 2.05) is 89.2 Å². The molecule has 0 spiro atoms. The largest absolute Gasteiger partial charge is 0.492 e. The predicted octanol–water partition coefficient (Wildman–Crippen LogP) is 6.49. The van der Waals surface area contributed by atoms with E-state index in [2.05, 4.69) is 24.3 Å². The molecule has 3 aromatic carbocycles. The summed E-state index contributed by atoms with van der Waals surface area (Å²) in [7, 11) is 1.56. The number of rotatable bonds is 8. The van der Waals surface area contributed by atoms with Gasteiger partial charge in [0.1, 0.15) is 0 Å². The van der Waals surface area contributed by atoms with Crippen LogP contribution in [0.5, 0.6) is 5.75 Å². The first-order valence-electron chi connectivity index (χ1n) is 13.9. The van der Waals surface area contributed by atoms with E-state index in [1.54, 1.807) is 13.4 Å². The van der Waals surface area contributed by atoms with Crippen molar-refractivity contribution in [2.75, 3.05) is 18.2 Å². The van der Waals surface area contributed by atoms with Crippen LogP contribution in [0, 0.1) is 6.92 Å². The highest BCUT2D eigenvalue weighted by Gasteiger charge is 2.39. The molecule has 0 unspecified atom stereocenters. The quantitative estimate of drug-likeness (QED) is 0.217. The van der Waals surface area contributed by atoms with Crippen molar-refractivity contribution < 1.29 is 9.53 Å². The van der Waals surface area contributed by atoms with Crippen LogP contribution in [-0.2, 0) is 11.8 Å². The molecule has 1 saturated carbocycles. The van der Waals surface area contributed by atoms with Crippen LogP contribution in [0.15, 0.2) is 79.4 Å². The second kappa shape index (κ2) is 10.3. The normalized spacial score (nSPS) is 13.7. The number of aryl methyl sites for hydroxylation is 1. The van der Waals surface area contributed by atoms with Crippen LogP contribution in [0.1, 0.15) is 53.9 Å². The van der Waals surface area contributed by atoms with Crippen LogP contribution < -0.4 is 15.8 Å². The minimum atomic E-state index is -0.236. The lowest BCUT2D eigenvalue weighted by atomic mass is 9.96. The van der Waals surface area contributed by atoms with Gasteiger partial charge in [-0.1, -0.05) is 38.1 Å². The number of nitrogens with zero attached hydrogens (tertiary/aromatic N) is 4. The summed E-state index contributed by atoms with van der Waals surface area (Å²) in [5, 5.41) is 7.69. The van der Waals surface area contributed by atoms with Crippen molar-refractivity contribution in [3.8, 4) is 28.4 Å². The highest BCUT2D eigenvalue weighted by molar-refractivity contribution is 6.06. The van der Waals surface area contributed by atoms with E-state index in [0.717, 1.165) is 58.7 Å². The number of anilines is 2. The second-order valence-electron chi connectivity index (χ2n) is 10.9. The van der Waals surface area contributed by atoms with E-state index < -0.39 is 0 Å². The van der Waals surface area contributed by atoms with Crippen LogP contribution in [0.4, 0.5) is 11.4 Å². The maximum absolute atomic E-state index is 13.5. The van der Waals surface area contributed by atoms with E-state index in [0.29, 0.717) is 22.7 Å². The summed E-state index contributed by atoms with van der Waals surface area (Å²) in [6.45, 7) is 6.35. The average molecular weight is 547 g/mol. The van der Waals surface area contributed by atoms with Gasteiger partial charge in [0.15, 0.2) is 5.75 Å². The molecule has 8 nitrogen and oxygen atoms in total. The Kier molecular flexibility index (Phi) is 6.61. The van der Waals surface area contributed by atoms with Gasteiger partial charge in [-0.15, -0.1) is 0 Å². The lowest BCUT2D eigenvalue weighted by molar-refractivity contribution is 0.102. The molecule has 2 heterocycles. The van der Waals surface area contributed by atoms with Gasteiger partial charge < -0.3 is 20.4 Å². The van der Waals surface area contributed by atoms with Crippen molar-refractivity contribution >= 4 is 17.3 Å². The Bertz CT molecular complexity index is 1750. The number of ether oxygens (including phenoxy) is 1. The summed E-state index contributed by atoms with van der Waals surface area (Å²) in [5.74, 6) is 0.237. The van der Waals surface area contributed by atoms with Gasteiger partial charge in [0.2, 0.25) is 0 Å². The van der Waals surface area contributed by atoms with Gasteiger partial charge in [0, 0.05) is 17.3 Å². The molecule has 1 fully saturated rings. The number of nitrogens with two attached hydrogens (primary N) is 1. The molecule has 8 heteroatoms. The minimum absolute atomic E-state index is 0.102. The molecule has 0 radical (unpaired) electrons. The molecule has 1 aliphatic carbocycles. The number of benzene rings is 3. The number of amides is 1. The lowest BCUT2D eigenvalue weighted by Crippen LogP contribution is -2.15. The van der Waals surface area contributed by atoms with Crippen molar-refractivity contribution in [2.24, 2.45) is 0 Å². The molecular weight excluding hydrogens is 512 g/mol. The number of para-hydroxylation sites is 1. The zero-order chi connectivity index (χ0) is 28.7. The van der Waals surface area contributed by atoms with Crippen molar-refractivity contribution in [1.29, 1.82) is 0 Å². The van der Waals surface area contributed by atoms with Crippen LogP contribution in [0.3, 0.4) is 0 Å². The fraction of sp³-hybridized carbons (Fsp3) is 0.242. The summed E-state index contributed by atoms with van der Waals surface area (Å²) in [6.07, 6.45) is 8.65. The number of nitrogens with one attached hydrogen (secondary N) is 1. The smallest absolute Gasteiger partial charge is 0.255 e. The Morgan fingerprint density at radius 1 is 1.12 bits per heavy atom. The summed E-state index contributed by atoms with van der Waals surface area (Å²) in [4.78, 5) is 18.2. The molecule has 0 saturated heterocycles. The molecule has 41 heavy (non-hydrogen) atoms.